The second-order valence-electron chi connectivity index (χ2n) is 4.12. The summed E-state index contributed by atoms with van der Waals surface area (Å²) in [6.45, 7) is 0.479. The second-order valence-corrected chi connectivity index (χ2v) is 5.04. The predicted octanol–water partition coefficient (Wildman–Crippen LogP) is 3.97. The summed E-state index contributed by atoms with van der Waals surface area (Å²) in [6, 6.07) is 12.0. The van der Waals surface area contributed by atoms with Gasteiger partial charge in [-0.25, -0.2) is 0 Å². The minimum absolute atomic E-state index is 0.479. The molecule has 0 radical (unpaired) electrons. The van der Waals surface area contributed by atoms with Crippen LogP contribution in [-0.4, -0.2) is 9.97 Å². The number of aromatic nitrogens is 2. The van der Waals surface area contributed by atoms with Crippen LogP contribution in [0.25, 0.3) is 10.9 Å². The Bertz CT molecular complexity index is 710. The van der Waals surface area contributed by atoms with Crippen molar-refractivity contribution in [1.29, 1.82) is 0 Å². The second kappa shape index (κ2) is 5.36. The van der Waals surface area contributed by atoms with Crippen molar-refractivity contribution in [2.24, 2.45) is 0 Å². The molecule has 2 aromatic heterocycles. The number of halogens is 1. The maximum Gasteiger partial charge on any atom is 0.139 e. The fourth-order valence-corrected chi connectivity index (χ4v) is 2.26. The minimum Gasteiger partial charge on any atom is -0.487 e. The molecule has 0 aliphatic carbocycles. The number of para-hydroxylation sites is 1. The summed E-state index contributed by atoms with van der Waals surface area (Å²) >= 11 is 3.37. The molecule has 3 aromatic rings. The molecule has 2 heterocycles. The van der Waals surface area contributed by atoms with Crippen LogP contribution in [0.4, 0.5) is 0 Å². The largest absolute Gasteiger partial charge is 0.487 e. The Labute approximate surface area is 119 Å². The summed E-state index contributed by atoms with van der Waals surface area (Å²) in [6.07, 6.45) is 5.22. The van der Waals surface area contributed by atoms with Gasteiger partial charge < -0.3 is 4.74 Å². The highest BCUT2D eigenvalue weighted by Gasteiger charge is 2.03. The third kappa shape index (κ3) is 2.74. The molecule has 3 nitrogen and oxygen atoms in total. The standard InChI is InChI=1S/C15H11BrN2O/c16-13-7-14(9-17-8-13)19-10-12-4-1-3-11-5-2-6-18-15(11)12/h1-9H,10H2. The maximum absolute atomic E-state index is 5.75. The van der Waals surface area contributed by atoms with Gasteiger partial charge in [0.2, 0.25) is 0 Å². The van der Waals surface area contributed by atoms with Crippen molar-refractivity contribution >= 4 is 26.8 Å². The van der Waals surface area contributed by atoms with Crippen LogP contribution in [0.2, 0.25) is 0 Å². The van der Waals surface area contributed by atoms with E-state index in [1.54, 1.807) is 18.6 Å². The molecule has 0 saturated carbocycles. The lowest BCUT2D eigenvalue weighted by Crippen LogP contribution is -1.97. The predicted molar refractivity (Wildman–Crippen MR) is 78.0 cm³/mol. The van der Waals surface area contributed by atoms with E-state index in [1.165, 1.54) is 0 Å². The first-order valence-corrected chi connectivity index (χ1v) is 6.68. The van der Waals surface area contributed by atoms with Gasteiger partial charge in [0.05, 0.1) is 11.7 Å². The molecule has 0 fully saturated rings. The van der Waals surface area contributed by atoms with Crippen molar-refractivity contribution in [2.45, 2.75) is 6.61 Å². The van der Waals surface area contributed by atoms with E-state index in [2.05, 4.69) is 25.9 Å². The van der Waals surface area contributed by atoms with Crippen LogP contribution in [-0.2, 0) is 6.61 Å². The summed E-state index contributed by atoms with van der Waals surface area (Å²) < 4.78 is 6.65. The highest BCUT2D eigenvalue weighted by molar-refractivity contribution is 9.10. The lowest BCUT2D eigenvalue weighted by molar-refractivity contribution is 0.306. The molecule has 0 aliphatic heterocycles. The van der Waals surface area contributed by atoms with E-state index < -0.39 is 0 Å². The average Bonchev–Trinajstić information content (AvgIpc) is 2.45. The smallest absolute Gasteiger partial charge is 0.139 e. The summed E-state index contributed by atoms with van der Waals surface area (Å²) in [7, 11) is 0. The Kier molecular flexibility index (Phi) is 3.42. The molecule has 3 rings (SSSR count). The van der Waals surface area contributed by atoms with E-state index >= 15 is 0 Å². The number of pyridine rings is 2. The van der Waals surface area contributed by atoms with Gasteiger partial charge in [-0.1, -0.05) is 24.3 Å². The van der Waals surface area contributed by atoms with Crippen molar-refractivity contribution in [3.05, 3.63) is 65.0 Å². The SMILES string of the molecule is Brc1cncc(OCc2cccc3cccnc23)c1. The summed E-state index contributed by atoms with van der Waals surface area (Å²) in [5.74, 6) is 0.738. The van der Waals surface area contributed by atoms with Crippen LogP contribution in [0.1, 0.15) is 5.56 Å². The van der Waals surface area contributed by atoms with Crippen LogP contribution in [0.5, 0.6) is 5.75 Å². The van der Waals surface area contributed by atoms with Gasteiger partial charge in [0.25, 0.3) is 0 Å². The van der Waals surface area contributed by atoms with E-state index in [0.29, 0.717) is 6.61 Å². The Morgan fingerprint density at radius 2 is 2.00 bits per heavy atom. The first kappa shape index (κ1) is 12.1. The van der Waals surface area contributed by atoms with Gasteiger partial charge >= 0.3 is 0 Å². The van der Waals surface area contributed by atoms with Gasteiger partial charge in [0.1, 0.15) is 12.4 Å². The van der Waals surface area contributed by atoms with Gasteiger partial charge in [-0.15, -0.1) is 0 Å². The number of ether oxygens (including phenoxy) is 1. The molecule has 0 aliphatic rings. The molecule has 0 atom stereocenters. The minimum atomic E-state index is 0.479. The topological polar surface area (TPSA) is 35.0 Å². The zero-order valence-electron chi connectivity index (χ0n) is 10.1. The van der Waals surface area contributed by atoms with Gasteiger partial charge in [-0.3, -0.25) is 9.97 Å². The van der Waals surface area contributed by atoms with Crippen LogP contribution >= 0.6 is 15.9 Å². The molecule has 4 heteroatoms. The molecule has 0 bridgehead atoms. The molecule has 0 amide bonds. The lowest BCUT2D eigenvalue weighted by Gasteiger charge is -2.08. The molecule has 0 N–H and O–H groups in total. The zero-order valence-corrected chi connectivity index (χ0v) is 11.7. The van der Waals surface area contributed by atoms with Crippen LogP contribution in [0.15, 0.2) is 59.5 Å². The molecule has 1 aromatic carbocycles. The summed E-state index contributed by atoms with van der Waals surface area (Å²) in [5.41, 5.74) is 2.05. The molecule has 0 saturated heterocycles. The molecule has 19 heavy (non-hydrogen) atoms. The van der Waals surface area contributed by atoms with Gasteiger partial charge in [-0.2, -0.15) is 0 Å². The summed E-state index contributed by atoms with van der Waals surface area (Å²) in [5, 5.41) is 1.12. The number of benzene rings is 1. The highest BCUT2D eigenvalue weighted by Crippen LogP contribution is 2.20. The first-order valence-electron chi connectivity index (χ1n) is 5.89. The third-order valence-corrected chi connectivity index (χ3v) is 3.22. The first-order chi connectivity index (χ1) is 9.33. The Balaban J connectivity index is 1.86. The molecule has 94 valence electrons. The van der Waals surface area contributed by atoms with Crippen molar-refractivity contribution in [1.82, 2.24) is 9.97 Å². The van der Waals surface area contributed by atoms with E-state index in [4.69, 9.17) is 4.74 Å². The normalized spacial score (nSPS) is 10.6. The van der Waals surface area contributed by atoms with Crippen molar-refractivity contribution in [2.75, 3.05) is 0 Å². The Morgan fingerprint density at radius 1 is 1.11 bits per heavy atom. The third-order valence-electron chi connectivity index (χ3n) is 2.79. The molecular weight excluding hydrogens is 304 g/mol. The van der Waals surface area contributed by atoms with Gasteiger partial charge in [0.15, 0.2) is 0 Å². The highest BCUT2D eigenvalue weighted by atomic mass is 79.9. The number of rotatable bonds is 3. The number of nitrogens with zero attached hydrogens (tertiary/aromatic N) is 2. The average molecular weight is 315 g/mol. The summed E-state index contributed by atoms with van der Waals surface area (Å²) in [4.78, 5) is 8.48. The monoisotopic (exact) mass is 314 g/mol. The van der Waals surface area contributed by atoms with Crippen LogP contribution in [0, 0.1) is 0 Å². The Hall–Kier alpha value is -1.94. The fraction of sp³-hybridized carbons (Fsp3) is 0.0667. The Morgan fingerprint density at radius 3 is 2.89 bits per heavy atom. The van der Waals surface area contributed by atoms with Gasteiger partial charge in [-0.05, 0) is 28.1 Å². The quantitative estimate of drug-likeness (QED) is 0.733. The number of fused-ring (bicyclic) bond motifs is 1. The van der Waals surface area contributed by atoms with Crippen molar-refractivity contribution in [3.63, 3.8) is 0 Å². The number of hydrogen-bond acceptors (Lipinski definition) is 3. The maximum atomic E-state index is 5.75. The van der Waals surface area contributed by atoms with E-state index in [9.17, 15) is 0 Å². The molecule has 0 unspecified atom stereocenters. The van der Waals surface area contributed by atoms with Crippen molar-refractivity contribution in [3.8, 4) is 5.75 Å². The van der Waals surface area contributed by atoms with Crippen LogP contribution < -0.4 is 4.74 Å². The molecular formula is C15H11BrN2O. The molecule has 0 spiro atoms. The zero-order chi connectivity index (χ0) is 13.1. The van der Waals surface area contributed by atoms with E-state index in [-0.39, 0.29) is 0 Å². The fourth-order valence-electron chi connectivity index (χ4n) is 1.92. The van der Waals surface area contributed by atoms with Crippen LogP contribution in [0.3, 0.4) is 0 Å². The van der Waals surface area contributed by atoms with Crippen molar-refractivity contribution < 1.29 is 4.74 Å². The van der Waals surface area contributed by atoms with Gasteiger partial charge in [0, 0.05) is 27.8 Å². The lowest BCUT2D eigenvalue weighted by atomic mass is 10.1. The van der Waals surface area contributed by atoms with E-state index in [0.717, 1.165) is 26.7 Å². The number of hydrogen-bond donors (Lipinski definition) is 0. The van der Waals surface area contributed by atoms with E-state index in [1.807, 2.05) is 36.4 Å².